The number of carbonyl (C=O) groups is 2. The molecule has 22 heavy (non-hydrogen) atoms. The standard InChI is InChI=1S/C8H9O4.C5H5.2CO.Mo/c1-6(9)11-5-7-3-2-4-8(10)12-7;1-2-4-5-3-1;2*1-2;/h2-4,7H,5H2,1H3;1-5H;;;/t7-;;;;/m0..../s1. The number of hydrogen-bond acceptors (Lipinski definition) is 4. The molecule has 7 heteroatoms. The van der Waals surface area contributed by atoms with Gasteiger partial charge in [-0.05, 0) is 38.5 Å². The quantitative estimate of drug-likeness (QED) is 0.307. The second-order valence-corrected chi connectivity index (χ2v) is 3.29. The van der Waals surface area contributed by atoms with Crippen molar-refractivity contribution in [2.24, 2.45) is 0 Å². The van der Waals surface area contributed by atoms with Gasteiger partial charge in [0.15, 0.2) is 0 Å². The van der Waals surface area contributed by atoms with Crippen LogP contribution in [0, 0.1) is 64.7 Å². The molecule has 0 N–H and O–H groups in total. The first-order chi connectivity index (χ1) is 10.2. The van der Waals surface area contributed by atoms with Crippen molar-refractivity contribution in [3.63, 3.8) is 0 Å². The van der Waals surface area contributed by atoms with Gasteiger partial charge in [-0.15, -0.1) is 0 Å². The maximum Gasteiger partial charge on any atom is 0 e. The van der Waals surface area contributed by atoms with Crippen molar-refractivity contribution in [3.05, 3.63) is 64.7 Å². The van der Waals surface area contributed by atoms with Crippen LogP contribution >= 0.6 is 0 Å². The van der Waals surface area contributed by atoms with Crippen LogP contribution in [0.2, 0.25) is 0 Å². The van der Waals surface area contributed by atoms with Gasteiger partial charge in [0.05, 0.1) is 6.42 Å². The summed E-state index contributed by atoms with van der Waals surface area (Å²) in [7, 11) is 0. The Bertz CT molecular complexity index is 309. The van der Waals surface area contributed by atoms with E-state index in [2.05, 4.69) is 18.0 Å². The van der Waals surface area contributed by atoms with Crippen LogP contribution in [0.4, 0.5) is 0 Å². The van der Waals surface area contributed by atoms with E-state index in [9.17, 15) is 9.59 Å². The van der Waals surface area contributed by atoms with E-state index in [1.54, 1.807) is 12.8 Å². The van der Waals surface area contributed by atoms with Gasteiger partial charge in [0.1, 0.15) is 12.7 Å². The van der Waals surface area contributed by atoms with E-state index in [0.717, 1.165) is 0 Å². The van der Waals surface area contributed by atoms with Gasteiger partial charge in [-0.2, -0.15) is 0 Å². The summed E-state index contributed by atoms with van der Waals surface area (Å²) in [5.41, 5.74) is 0. The minimum atomic E-state index is -0.439. The van der Waals surface area contributed by atoms with Crippen LogP contribution in [0.1, 0.15) is 6.92 Å². The molecule has 1 heterocycles. The molecular weight excluding hydrogens is 372 g/mol. The van der Waals surface area contributed by atoms with Gasteiger partial charge < -0.3 is 9.47 Å². The van der Waals surface area contributed by atoms with Gasteiger partial charge in [0.25, 0.3) is 0 Å². The van der Waals surface area contributed by atoms with Crippen LogP contribution in [0.3, 0.4) is 0 Å². The summed E-state index contributed by atoms with van der Waals surface area (Å²) in [6, 6.07) is 0. The van der Waals surface area contributed by atoms with Crippen LogP contribution in [-0.4, -0.2) is 24.6 Å². The van der Waals surface area contributed by atoms with E-state index >= 15 is 0 Å². The van der Waals surface area contributed by atoms with E-state index in [4.69, 9.17) is 14.0 Å². The van der Waals surface area contributed by atoms with Crippen molar-refractivity contribution in [2.45, 2.75) is 13.0 Å². The third kappa shape index (κ3) is 17.2. The Kier molecular flexibility index (Phi) is 23.8. The van der Waals surface area contributed by atoms with Gasteiger partial charge in [-0.25, -0.2) is 0 Å². The number of esters is 2. The third-order valence-corrected chi connectivity index (χ3v) is 1.83. The maximum atomic E-state index is 10.6. The monoisotopic (exact) mass is 388 g/mol. The second kappa shape index (κ2) is 20.1. The summed E-state index contributed by atoms with van der Waals surface area (Å²) in [6.07, 6.45) is 14.1. The molecule has 0 aromatic heterocycles. The maximum absolute atomic E-state index is 10.6. The Morgan fingerprint density at radius 2 is 1.59 bits per heavy atom. The molecule has 116 valence electrons. The minimum Gasteiger partial charge on any atom is -0.0312 e. The normalized spacial score (nSPS) is 18.2. The molecule has 0 bridgehead atoms. The molecule has 0 amide bonds. The molecule has 0 spiro atoms. The molecule has 2 aliphatic rings. The van der Waals surface area contributed by atoms with E-state index in [-0.39, 0.29) is 33.6 Å². The average molecular weight is 386 g/mol. The largest absolute Gasteiger partial charge is 0.0312 e. The first kappa shape index (κ1) is 26.0. The second-order valence-electron chi connectivity index (χ2n) is 3.29. The zero-order chi connectivity index (χ0) is 16.5. The first-order valence-corrected chi connectivity index (χ1v) is 5.61. The van der Waals surface area contributed by atoms with Crippen molar-refractivity contribution in [1.29, 1.82) is 0 Å². The first-order valence-electron chi connectivity index (χ1n) is 5.61. The molecule has 0 aromatic carbocycles. The van der Waals surface area contributed by atoms with E-state index in [0.29, 0.717) is 0 Å². The number of carbonyl (C=O) groups excluding carboxylic acids is 2. The molecule has 1 atom stereocenters. The van der Waals surface area contributed by atoms with E-state index in [1.165, 1.54) is 13.3 Å². The van der Waals surface area contributed by atoms with Gasteiger partial charge in [-0.3, -0.25) is 9.59 Å². The van der Waals surface area contributed by atoms with Crippen LogP contribution in [0.25, 0.3) is 0 Å². The molecule has 0 unspecified atom stereocenters. The molecular formula is C15H14MoO6. The Morgan fingerprint density at radius 3 is 1.95 bits per heavy atom. The zero-order valence-corrected chi connectivity index (χ0v) is 13.8. The van der Waals surface area contributed by atoms with Crippen molar-refractivity contribution >= 4 is 11.9 Å². The molecule has 2 rings (SSSR count). The predicted molar refractivity (Wildman–Crippen MR) is 68.8 cm³/mol. The van der Waals surface area contributed by atoms with Crippen LogP contribution in [0.5, 0.6) is 0 Å². The molecule has 8 radical (unpaired) electrons. The molecule has 1 aliphatic heterocycles. The van der Waals surface area contributed by atoms with Gasteiger partial charge in [0.2, 0.25) is 0 Å². The van der Waals surface area contributed by atoms with Crippen molar-refractivity contribution in [3.8, 4) is 0 Å². The number of ether oxygens (including phenoxy) is 2. The molecule has 1 saturated carbocycles. The molecule has 1 saturated heterocycles. The minimum absolute atomic E-state index is 0. The van der Waals surface area contributed by atoms with Crippen LogP contribution in [-0.2, 0) is 49.4 Å². The topological polar surface area (TPSA) is 92.4 Å². The summed E-state index contributed by atoms with van der Waals surface area (Å²) >= 11 is 0. The van der Waals surface area contributed by atoms with Crippen molar-refractivity contribution in [2.75, 3.05) is 6.61 Å². The molecule has 1 aliphatic carbocycles. The molecule has 2 fully saturated rings. The third-order valence-electron chi connectivity index (χ3n) is 1.83. The smallest absolute Gasteiger partial charge is 0 e. The van der Waals surface area contributed by atoms with E-state index < -0.39 is 12.1 Å². The summed E-state index contributed by atoms with van der Waals surface area (Å²) in [5, 5.41) is 0. The van der Waals surface area contributed by atoms with Crippen molar-refractivity contribution < 1.29 is 49.4 Å². The van der Waals surface area contributed by atoms with Crippen LogP contribution < -0.4 is 0 Å². The fourth-order valence-corrected chi connectivity index (χ4v) is 1.10. The van der Waals surface area contributed by atoms with Gasteiger partial charge in [0, 0.05) is 34.4 Å². The molecule has 0 aromatic rings. The summed E-state index contributed by atoms with van der Waals surface area (Å²) in [6.45, 7) is 10.4. The average Bonchev–Trinajstić information content (AvgIpc) is 3.09. The van der Waals surface area contributed by atoms with Crippen molar-refractivity contribution in [1.82, 2.24) is 0 Å². The summed E-state index contributed by atoms with van der Waals surface area (Å²) in [4.78, 5) is 21.0. The zero-order valence-electron chi connectivity index (χ0n) is 11.8. The number of rotatable bonds is 2. The number of cyclic esters (lactones) is 1. The van der Waals surface area contributed by atoms with Gasteiger partial charge >= 0.3 is 34.5 Å². The Labute approximate surface area is 146 Å². The van der Waals surface area contributed by atoms with Crippen LogP contribution in [0.15, 0.2) is 0 Å². The van der Waals surface area contributed by atoms with Gasteiger partial charge in [-0.1, -0.05) is 0 Å². The predicted octanol–water partition coefficient (Wildman–Crippen LogP) is 1.03. The fraction of sp³-hybridized carbons (Fsp3) is 0.200. The fourth-order valence-electron chi connectivity index (χ4n) is 1.10. The Morgan fingerprint density at radius 1 is 1.14 bits per heavy atom. The summed E-state index contributed by atoms with van der Waals surface area (Å²) < 4.78 is 24.4. The summed E-state index contributed by atoms with van der Waals surface area (Å²) in [5.74, 6) is -0.788. The molecule has 6 nitrogen and oxygen atoms in total. The SMILES string of the molecule is CC(=O)OC[C@@H]1[CH][CH][CH]C(=O)O1.[C-]#[O+].[C-]#[O+].[CH]1[CH][CH][CH][CH]1.[Mo]. The number of hydrogen-bond donors (Lipinski definition) is 0. The van der Waals surface area contributed by atoms with E-state index in [1.807, 2.05) is 32.1 Å². The Hall–Kier alpha value is -0.892. The Balaban J connectivity index is -0.000000303.